The van der Waals surface area contributed by atoms with Crippen molar-refractivity contribution in [2.24, 2.45) is 0 Å². The normalized spacial score (nSPS) is 10.6. The number of aryl methyl sites for hydroxylation is 1. The van der Waals surface area contributed by atoms with E-state index in [1.807, 2.05) is 60.5 Å². The van der Waals surface area contributed by atoms with Gasteiger partial charge in [0.1, 0.15) is 0 Å². The van der Waals surface area contributed by atoms with Crippen LogP contribution in [-0.4, -0.2) is 29.7 Å². The van der Waals surface area contributed by atoms with E-state index in [-0.39, 0.29) is 0 Å². The molecule has 0 aliphatic rings. The third kappa shape index (κ3) is 3.67. The average Bonchev–Trinajstić information content (AvgIpc) is 2.56. The molecule has 0 aliphatic heterocycles. The molecule has 0 bridgehead atoms. The summed E-state index contributed by atoms with van der Waals surface area (Å²) in [4.78, 5) is 10.7. The molecule has 0 atom stereocenters. The van der Waals surface area contributed by atoms with Crippen LogP contribution in [0.3, 0.4) is 0 Å². The van der Waals surface area contributed by atoms with Gasteiger partial charge < -0.3 is 0 Å². The summed E-state index contributed by atoms with van der Waals surface area (Å²) in [6, 6.07) is 13.7. The Kier molecular flexibility index (Phi) is 4.87. The molecular formula is C18H15ClN2OSn. The van der Waals surface area contributed by atoms with Crippen LogP contribution in [0.4, 0.5) is 0 Å². The van der Waals surface area contributed by atoms with Crippen LogP contribution in [0.25, 0.3) is 22.4 Å². The molecule has 0 saturated heterocycles. The van der Waals surface area contributed by atoms with E-state index in [0.717, 1.165) is 31.7 Å². The first-order valence-electron chi connectivity index (χ1n) is 7.24. The average molecular weight is 429 g/mol. The van der Waals surface area contributed by atoms with Crippen LogP contribution < -0.4 is 3.58 Å². The number of nitrogens with zero attached hydrogens (tertiary/aromatic N) is 2. The number of aromatic nitrogens is 2. The van der Waals surface area contributed by atoms with Crippen molar-refractivity contribution >= 4 is 34.9 Å². The summed E-state index contributed by atoms with van der Waals surface area (Å²) in [6.45, 7) is 1.95. The van der Waals surface area contributed by atoms with Gasteiger partial charge >= 0.3 is 148 Å². The molecule has 0 unspecified atom stereocenters. The van der Waals surface area contributed by atoms with Gasteiger partial charge in [0, 0.05) is 0 Å². The molecule has 3 nitrogen and oxygen atoms in total. The zero-order valence-corrected chi connectivity index (χ0v) is 16.5. The molecule has 3 aromatic rings. The summed E-state index contributed by atoms with van der Waals surface area (Å²) in [7, 11) is 0. The molecule has 2 aromatic heterocycles. The van der Waals surface area contributed by atoms with Crippen molar-refractivity contribution in [2.45, 2.75) is 11.9 Å². The number of halogens is 1. The van der Waals surface area contributed by atoms with Crippen molar-refractivity contribution in [2.75, 3.05) is 0 Å². The van der Waals surface area contributed by atoms with E-state index in [2.05, 4.69) is 9.97 Å². The fraction of sp³-hybridized carbons (Fsp3) is 0.111. The Morgan fingerprint density at radius 3 is 2.26 bits per heavy atom. The fourth-order valence-corrected chi connectivity index (χ4v) is 4.36. The molecule has 1 aromatic carbocycles. The minimum absolute atomic E-state index is 0.586. The number of hydrogen-bond donors (Lipinski definition) is 0. The maximum atomic E-state index is 11.7. The van der Waals surface area contributed by atoms with E-state index in [1.54, 1.807) is 6.20 Å². The summed E-state index contributed by atoms with van der Waals surface area (Å²) in [6.07, 6.45) is 3.46. The van der Waals surface area contributed by atoms with Crippen LogP contribution in [0.5, 0.6) is 0 Å². The number of rotatable bonds is 3. The van der Waals surface area contributed by atoms with E-state index < -0.39 is 19.7 Å². The number of pyridine rings is 2. The second-order valence-corrected chi connectivity index (χ2v) is 10.6. The molecule has 0 aliphatic carbocycles. The Bertz CT molecular complexity index is 861. The molecule has 2 heterocycles. The van der Waals surface area contributed by atoms with Crippen LogP contribution in [-0.2, 0) is 3.08 Å². The number of benzene rings is 1. The first kappa shape index (κ1) is 16.3. The summed E-state index contributed by atoms with van der Waals surface area (Å²) < 4.78 is 12.7. The van der Waals surface area contributed by atoms with Crippen LogP contribution in [0, 0.1) is 6.92 Å². The Morgan fingerprint density at radius 1 is 0.957 bits per heavy atom. The molecule has 0 amide bonds. The summed E-state index contributed by atoms with van der Waals surface area (Å²) >= 11 is 3.57. The quantitative estimate of drug-likeness (QED) is 0.591. The predicted octanol–water partition coefficient (Wildman–Crippen LogP) is 4.03. The van der Waals surface area contributed by atoms with Gasteiger partial charge in [0.15, 0.2) is 0 Å². The van der Waals surface area contributed by atoms with E-state index in [1.165, 1.54) is 0 Å². The third-order valence-corrected chi connectivity index (χ3v) is 7.12. The second-order valence-electron chi connectivity index (χ2n) is 5.37. The third-order valence-electron chi connectivity index (χ3n) is 3.64. The van der Waals surface area contributed by atoms with Gasteiger partial charge in [-0.05, 0) is 0 Å². The van der Waals surface area contributed by atoms with Gasteiger partial charge in [0.2, 0.25) is 0 Å². The Morgan fingerprint density at radius 2 is 1.65 bits per heavy atom. The van der Waals surface area contributed by atoms with E-state index in [9.17, 15) is 3.08 Å². The molecule has 0 radical (unpaired) electrons. The summed E-state index contributed by atoms with van der Waals surface area (Å²) in [5.74, 6) is 0. The van der Waals surface area contributed by atoms with E-state index in [4.69, 9.17) is 11.6 Å². The van der Waals surface area contributed by atoms with Gasteiger partial charge in [-0.2, -0.15) is 0 Å². The van der Waals surface area contributed by atoms with Crippen molar-refractivity contribution in [1.29, 1.82) is 0 Å². The van der Waals surface area contributed by atoms with Crippen LogP contribution >= 0.6 is 11.6 Å². The van der Waals surface area contributed by atoms with Crippen molar-refractivity contribution in [1.82, 2.24) is 9.97 Å². The molecule has 114 valence electrons. The molecule has 5 heteroatoms. The maximum absolute atomic E-state index is 11.7. The predicted molar refractivity (Wildman–Crippen MR) is 94.6 cm³/mol. The van der Waals surface area contributed by atoms with Gasteiger partial charge in [-0.15, -0.1) is 0 Å². The fourth-order valence-electron chi connectivity index (χ4n) is 2.38. The van der Waals surface area contributed by atoms with Crippen LogP contribution in [0.2, 0.25) is 9.96 Å². The molecule has 3 rings (SSSR count). The summed E-state index contributed by atoms with van der Waals surface area (Å²) in [5.41, 5.74) is 4.70. The zero-order valence-electron chi connectivity index (χ0n) is 12.9. The Labute approximate surface area is 147 Å². The monoisotopic (exact) mass is 430 g/mol. The van der Waals surface area contributed by atoms with Gasteiger partial charge in [0.05, 0.1) is 0 Å². The van der Waals surface area contributed by atoms with Crippen molar-refractivity contribution in [3.8, 4) is 22.4 Å². The Balaban J connectivity index is 2.12. The minimum atomic E-state index is -2.57. The van der Waals surface area contributed by atoms with Gasteiger partial charge in [-0.1, -0.05) is 0 Å². The van der Waals surface area contributed by atoms with Crippen molar-refractivity contribution in [3.05, 3.63) is 65.6 Å². The molecule has 0 saturated carbocycles. The summed E-state index contributed by atoms with van der Waals surface area (Å²) in [5, 5.41) is 0.586. The Hall–Kier alpha value is -1.59. The molecule has 0 fully saturated rings. The molecule has 0 N–H and O–H groups in total. The SMILES string of the molecule is Cc1ccc(-c2ncc(Cl)cc2-c2cc[c]([Sn]([CH3])=[O])cc2)cn1. The molecule has 0 spiro atoms. The first-order valence-corrected chi connectivity index (χ1v) is 13.1. The van der Waals surface area contributed by atoms with Crippen LogP contribution in [0.15, 0.2) is 54.9 Å². The van der Waals surface area contributed by atoms with Gasteiger partial charge in [-0.3, -0.25) is 0 Å². The van der Waals surface area contributed by atoms with Crippen molar-refractivity contribution < 1.29 is 3.08 Å². The zero-order chi connectivity index (χ0) is 16.4. The first-order chi connectivity index (χ1) is 11.0. The standard InChI is InChI=1S/C17H12ClN2.CH3.O.Sn/c1-12-7-8-14(10-19-12)17-16(9-15(18)11-20-17)13-5-3-2-4-6-13;;;/h3-11H,1H3;1H3;;. The molecule has 23 heavy (non-hydrogen) atoms. The number of hydrogen-bond acceptors (Lipinski definition) is 3. The van der Waals surface area contributed by atoms with Gasteiger partial charge in [0.25, 0.3) is 0 Å². The van der Waals surface area contributed by atoms with Gasteiger partial charge in [-0.25, -0.2) is 0 Å². The van der Waals surface area contributed by atoms with E-state index in [0.29, 0.717) is 5.02 Å². The second kappa shape index (κ2) is 6.89. The molecular weight excluding hydrogens is 414 g/mol. The topological polar surface area (TPSA) is 42.9 Å². The van der Waals surface area contributed by atoms with E-state index >= 15 is 0 Å². The van der Waals surface area contributed by atoms with Crippen molar-refractivity contribution in [3.63, 3.8) is 0 Å². The van der Waals surface area contributed by atoms with Crippen LogP contribution in [0.1, 0.15) is 5.69 Å².